The summed E-state index contributed by atoms with van der Waals surface area (Å²) in [5.74, 6) is 0. The second-order valence-corrected chi connectivity index (χ2v) is 14.2. The van der Waals surface area contributed by atoms with Crippen LogP contribution < -0.4 is 4.90 Å². The van der Waals surface area contributed by atoms with Gasteiger partial charge < -0.3 is 9.47 Å². The van der Waals surface area contributed by atoms with Crippen molar-refractivity contribution in [2.24, 2.45) is 0 Å². The zero-order valence-electron chi connectivity index (χ0n) is 47.7. The molecule has 2 heterocycles. The molecule has 0 bridgehead atoms. The minimum absolute atomic E-state index is 0.0566. The van der Waals surface area contributed by atoms with Crippen LogP contribution >= 0.6 is 11.3 Å². The molecule has 57 heavy (non-hydrogen) atoms. The molecule has 3 heteroatoms. The van der Waals surface area contributed by atoms with E-state index in [1.54, 1.807) is 12.1 Å². The Morgan fingerprint density at radius 2 is 0.947 bits per heavy atom. The van der Waals surface area contributed by atoms with E-state index >= 15 is 0 Å². The van der Waals surface area contributed by atoms with E-state index in [1.807, 2.05) is 97.1 Å². The number of hydrogen-bond donors (Lipinski definition) is 0. The number of benzene rings is 9. The van der Waals surface area contributed by atoms with Crippen LogP contribution in [0.3, 0.4) is 0 Å². The van der Waals surface area contributed by atoms with E-state index in [0.29, 0.717) is 15.8 Å². The molecule has 0 aliphatic heterocycles. The quantitative estimate of drug-likeness (QED) is 0.157. The van der Waals surface area contributed by atoms with E-state index in [2.05, 4.69) is 4.57 Å². The Hall–Kier alpha value is -7.20. The van der Waals surface area contributed by atoms with E-state index in [1.165, 1.54) is 11.3 Å². The molecule has 0 fully saturated rings. The van der Waals surface area contributed by atoms with Crippen molar-refractivity contribution in [2.75, 3.05) is 4.90 Å². The summed E-state index contributed by atoms with van der Waals surface area (Å²) in [7, 11) is 0. The van der Waals surface area contributed by atoms with Crippen molar-refractivity contribution >= 4 is 70.4 Å². The predicted octanol–water partition coefficient (Wildman–Crippen LogP) is 15.6. The molecule has 11 aromatic rings. The number of fused-ring (bicyclic) bond motifs is 6. The van der Waals surface area contributed by atoms with Crippen LogP contribution in [0.5, 0.6) is 0 Å². The molecule has 0 saturated heterocycles. The highest BCUT2D eigenvalue weighted by Gasteiger charge is 2.23. The highest BCUT2D eigenvalue weighted by molar-refractivity contribution is 7.26. The minimum atomic E-state index is -0.849. The lowest BCUT2D eigenvalue weighted by molar-refractivity contribution is 1.18. The van der Waals surface area contributed by atoms with Gasteiger partial charge in [-0.2, -0.15) is 0 Å². The minimum Gasteiger partial charge on any atom is -0.310 e. The number of aromatic nitrogens is 1. The molecule has 9 aromatic carbocycles. The standard InChI is InChI=1S/C54H36N2S/c1-3-14-37(15-4-1)39-26-30-42(31-27-39)55(43-32-28-40(29-33-43)38-16-5-2-6-17-38)51-35-34-48-47-22-9-12-25-52(47)57-54(48)53(51)41-18-13-19-44(36-41)56-49-23-10-7-20-45(49)46-21-8-11-24-50(46)56/h1-36H/i1D,2D,3D,4D,5D,6D,14D,15D,16D,17D,26D,27D,28D,29D,30D,31D,32D,33D. The van der Waals surface area contributed by atoms with Gasteiger partial charge in [-0.15, -0.1) is 11.3 Å². The molecule has 268 valence electrons. The molecule has 0 aliphatic rings. The fourth-order valence-corrected chi connectivity index (χ4v) is 8.70. The number of rotatable bonds is 7. The largest absolute Gasteiger partial charge is 0.310 e. The Bertz CT molecular complexity index is 4010. The number of para-hydroxylation sites is 2. The first kappa shape index (κ1) is 19.6. The van der Waals surface area contributed by atoms with E-state index in [4.69, 9.17) is 13.7 Å². The van der Waals surface area contributed by atoms with Gasteiger partial charge >= 0.3 is 0 Å². The van der Waals surface area contributed by atoms with Gasteiger partial charge in [-0.3, -0.25) is 0 Å². The highest BCUT2D eigenvalue weighted by Crippen LogP contribution is 2.49. The summed E-state index contributed by atoms with van der Waals surface area (Å²) in [5, 5.41) is 3.64. The van der Waals surface area contributed by atoms with Crippen LogP contribution in [0.15, 0.2) is 218 Å². The van der Waals surface area contributed by atoms with Gasteiger partial charge in [0.1, 0.15) is 0 Å². The molecule has 0 aliphatic carbocycles. The summed E-state index contributed by atoms with van der Waals surface area (Å²) in [6.45, 7) is 0. The summed E-state index contributed by atoms with van der Waals surface area (Å²) < 4.78 is 166. The van der Waals surface area contributed by atoms with Crippen molar-refractivity contribution in [3.8, 4) is 39.1 Å². The van der Waals surface area contributed by atoms with Crippen molar-refractivity contribution in [1.29, 1.82) is 0 Å². The average molecular weight is 763 g/mol. The molecule has 0 amide bonds. The summed E-state index contributed by atoms with van der Waals surface area (Å²) in [4.78, 5) is 1.10. The number of nitrogens with zero attached hydrogens (tertiary/aromatic N) is 2. The molecular formula is C54H36N2S. The third-order valence-electron chi connectivity index (χ3n) is 9.91. The van der Waals surface area contributed by atoms with Crippen molar-refractivity contribution in [3.63, 3.8) is 0 Å². The maximum atomic E-state index is 9.79. The lowest BCUT2D eigenvalue weighted by atomic mass is 9.97. The maximum absolute atomic E-state index is 9.79. The van der Waals surface area contributed by atoms with Gasteiger partial charge in [-0.1, -0.05) is 157 Å². The first-order valence-corrected chi connectivity index (χ1v) is 18.8. The van der Waals surface area contributed by atoms with Crippen LogP contribution in [-0.4, -0.2) is 4.57 Å². The summed E-state index contributed by atoms with van der Waals surface area (Å²) >= 11 is 1.40. The molecule has 11 rings (SSSR count). The molecule has 0 atom stereocenters. The van der Waals surface area contributed by atoms with E-state index in [0.717, 1.165) is 47.9 Å². The van der Waals surface area contributed by atoms with E-state index in [9.17, 15) is 11.0 Å². The predicted molar refractivity (Wildman–Crippen MR) is 245 cm³/mol. The van der Waals surface area contributed by atoms with E-state index in [-0.39, 0.29) is 5.69 Å². The molecule has 2 aromatic heterocycles. The lowest BCUT2D eigenvalue weighted by Gasteiger charge is -2.29. The highest BCUT2D eigenvalue weighted by atomic mass is 32.1. The van der Waals surface area contributed by atoms with Gasteiger partial charge in [0.25, 0.3) is 0 Å². The molecule has 0 unspecified atom stereocenters. The molecule has 0 saturated carbocycles. The Balaban J connectivity index is 1.29. The zero-order chi connectivity index (χ0) is 53.4. The number of hydrogen-bond acceptors (Lipinski definition) is 2. The Labute approximate surface area is 361 Å². The fourth-order valence-electron chi connectivity index (χ4n) is 7.43. The van der Waals surface area contributed by atoms with Crippen LogP contribution in [0.4, 0.5) is 17.1 Å². The zero-order valence-corrected chi connectivity index (χ0v) is 30.5. The molecular weight excluding hydrogens is 709 g/mol. The monoisotopic (exact) mass is 762 g/mol. The van der Waals surface area contributed by atoms with Crippen molar-refractivity contribution in [2.45, 2.75) is 0 Å². The van der Waals surface area contributed by atoms with E-state index < -0.39 is 142 Å². The molecule has 0 spiro atoms. The Morgan fingerprint density at radius 3 is 1.54 bits per heavy atom. The van der Waals surface area contributed by atoms with Crippen LogP contribution in [0, 0.1) is 0 Å². The lowest BCUT2D eigenvalue weighted by Crippen LogP contribution is -2.11. The second-order valence-electron chi connectivity index (χ2n) is 13.1. The first-order chi connectivity index (χ1) is 35.8. The van der Waals surface area contributed by atoms with Crippen molar-refractivity contribution in [1.82, 2.24) is 4.57 Å². The van der Waals surface area contributed by atoms with Gasteiger partial charge in [0.05, 0.1) is 41.4 Å². The van der Waals surface area contributed by atoms with Crippen LogP contribution in [0.1, 0.15) is 24.7 Å². The van der Waals surface area contributed by atoms with Crippen molar-refractivity contribution in [3.05, 3.63) is 218 Å². The fraction of sp³-hybridized carbons (Fsp3) is 0. The summed E-state index contributed by atoms with van der Waals surface area (Å²) in [5.41, 5.74) is -0.0988. The van der Waals surface area contributed by atoms with Gasteiger partial charge in [0.2, 0.25) is 0 Å². The number of anilines is 3. The number of thiophene rings is 1. The smallest absolute Gasteiger partial charge is 0.0645 e. The summed E-state index contributed by atoms with van der Waals surface area (Å²) in [6.07, 6.45) is 0. The average Bonchev–Trinajstić information content (AvgIpc) is 3.98. The second kappa shape index (κ2) is 13.8. The van der Waals surface area contributed by atoms with Gasteiger partial charge in [0, 0.05) is 53.6 Å². The first-order valence-electron chi connectivity index (χ1n) is 27.0. The topological polar surface area (TPSA) is 8.17 Å². The van der Waals surface area contributed by atoms with Gasteiger partial charge in [0.15, 0.2) is 0 Å². The summed E-state index contributed by atoms with van der Waals surface area (Å²) in [6, 6.07) is 20.0. The molecule has 2 nitrogen and oxygen atoms in total. The normalized spacial score (nSPS) is 15.9. The third-order valence-corrected chi connectivity index (χ3v) is 11.1. The maximum Gasteiger partial charge on any atom is 0.0645 e. The third kappa shape index (κ3) is 5.71. The van der Waals surface area contributed by atoms with Crippen LogP contribution in [-0.2, 0) is 0 Å². The SMILES string of the molecule is [2H]c1c([2H])c([2H])c(-c2c([2H])c([2H])c(N(c3ccc4c(sc5ccccc54)c3-c3cccc(-n4c5ccccc5c5ccccc54)c3)c3c([2H])c([2H])c(-c4c([2H])c([2H])c([2H])c([2H])c4[2H])c([2H])c3[2H])c([2H])c2[2H])c([2H])c1[2H]. The van der Waals surface area contributed by atoms with Gasteiger partial charge in [-0.25, -0.2) is 0 Å². The molecule has 0 radical (unpaired) electrons. The Morgan fingerprint density at radius 1 is 0.421 bits per heavy atom. The van der Waals surface area contributed by atoms with Crippen LogP contribution in [0.25, 0.3) is 81.0 Å². The Kier molecular flexibility index (Phi) is 4.75. The van der Waals surface area contributed by atoms with Crippen molar-refractivity contribution < 1.29 is 24.7 Å². The molecule has 0 N–H and O–H groups in total. The van der Waals surface area contributed by atoms with Crippen LogP contribution in [0.2, 0.25) is 0 Å². The van der Waals surface area contributed by atoms with Gasteiger partial charge in [-0.05, 0) is 88.4 Å².